The van der Waals surface area contributed by atoms with E-state index in [4.69, 9.17) is 4.74 Å². The van der Waals surface area contributed by atoms with Gasteiger partial charge in [0.2, 0.25) is 5.91 Å². The fourth-order valence-electron chi connectivity index (χ4n) is 2.63. The maximum absolute atomic E-state index is 12.3. The van der Waals surface area contributed by atoms with E-state index >= 15 is 0 Å². The van der Waals surface area contributed by atoms with Crippen LogP contribution >= 0.6 is 0 Å². The van der Waals surface area contributed by atoms with Crippen LogP contribution in [0.25, 0.3) is 0 Å². The molecule has 1 amide bonds. The quantitative estimate of drug-likeness (QED) is 0.838. The van der Waals surface area contributed by atoms with Crippen molar-refractivity contribution in [3.63, 3.8) is 0 Å². The van der Waals surface area contributed by atoms with Gasteiger partial charge in [-0.1, -0.05) is 12.1 Å². The van der Waals surface area contributed by atoms with Crippen LogP contribution in [0.5, 0.6) is 5.75 Å². The molecule has 0 N–H and O–H groups in total. The van der Waals surface area contributed by atoms with Gasteiger partial charge in [0.05, 0.1) is 25.0 Å². The highest BCUT2D eigenvalue weighted by Crippen LogP contribution is 2.20. The van der Waals surface area contributed by atoms with Crippen molar-refractivity contribution in [2.75, 3.05) is 25.7 Å². The zero-order valence-electron chi connectivity index (χ0n) is 12.6. The number of nitrogens with zero attached hydrogens (tertiary/aromatic N) is 1. The average molecular weight is 311 g/mol. The Bertz CT molecular complexity index is 639. The van der Waals surface area contributed by atoms with Crippen molar-refractivity contribution in [1.82, 2.24) is 4.90 Å². The van der Waals surface area contributed by atoms with Gasteiger partial charge in [0.1, 0.15) is 5.75 Å². The second-order valence-corrected chi connectivity index (χ2v) is 7.77. The van der Waals surface area contributed by atoms with E-state index in [1.165, 1.54) is 0 Å². The molecule has 1 aliphatic rings. The van der Waals surface area contributed by atoms with Crippen molar-refractivity contribution in [2.24, 2.45) is 0 Å². The van der Waals surface area contributed by atoms with Gasteiger partial charge >= 0.3 is 0 Å². The SMILES string of the molecule is COc1ccc(CC(=O)N(C)C2CCS(=O)(=O)C2)cc1C. The van der Waals surface area contributed by atoms with Crippen LogP contribution in [-0.2, 0) is 21.1 Å². The van der Waals surface area contributed by atoms with Gasteiger partial charge < -0.3 is 9.64 Å². The van der Waals surface area contributed by atoms with E-state index < -0.39 is 9.84 Å². The van der Waals surface area contributed by atoms with Crippen LogP contribution in [0, 0.1) is 6.92 Å². The molecule has 21 heavy (non-hydrogen) atoms. The summed E-state index contributed by atoms with van der Waals surface area (Å²) in [6.07, 6.45) is 0.810. The average Bonchev–Trinajstić information content (AvgIpc) is 2.78. The Balaban J connectivity index is 2.02. The minimum atomic E-state index is -2.97. The van der Waals surface area contributed by atoms with Crippen LogP contribution in [0.1, 0.15) is 17.5 Å². The standard InChI is InChI=1S/C15H21NO4S/c1-11-8-12(4-5-14(11)20-3)9-15(17)16(2)13-6-7-21(18,19)10-13/h4-5,8,13H,6-7,9-10H2,1-3H3. The Morgan fingerprint density at radius 2 is 2.14 bits per heavy atom. The number of hydrogen-bond acceptors (Lipinski definition) is 4. The zero-order valence-corrected chi connectivity index (χ0v) is 13.4. The summed E-state index contributed by atoms with van der Waals surface area (Å²) < 4.78 is 28.2. The van der Waals surface area contributed by atoms with Gasteiger partial charge in [-0.05, 0) is 30.5 Å². The van der Waals surface area contributed by atoms with Gasteiger partial charge in [-0.15, -0.1) is 0 Å². The third kappa shape index (κ3) is 3.75. The number of ether oxygens (including phenoxy) is 1. The Hall–Kier alpha value is -1.56. The number of hydrogen-bond donors (Lipinski definition) is 0. The Labute approximate surface area is 125 Å². The van der Waals surface area contributed by atoms with Crippen LogP contribution in [0.15, 0.2) is 18.2 Å². The summed E-state index contributed by atoms with van der Waals surface area (Å²) in [6.45, 7) is 1.93. The topological polar surface area (TPSA) is 63.7 Å². The lowest BCUT2D eigenvalue weighted by atomic mass is 10.1. The zero-order chi connectivity index (χ0) is 15.6. The molecule has 1 heterocycles. The molecular weight excluding hydrogens is 290 g/mol. The first-order chi connectivity index (χ1) is 9.82. The molecule has 1 aromatic rings. The highest BCUT2D eigenvalue weighted by Gasteiger charge is 2.32. The molecule has 116 valence electrons. The minimum absolute atomic E-state index is 0.0540. The molecule has 0 saturated carbocycles. The number of rotatable bonds is 4. The van der Waals surface area contributed by atoms with E-state index in [0.29, 0.717) is 6.42 Å². The largest absolute Gasteiger partial charge is 0.496 e. The summed E-state index contributed by atoms with van der Waals surface area (Å²) in [5.74, 6) is 0.997. The number of methoxy groups -OCH3 is 1. The van der Waals surface area contributed by atoms with Gasteiger partial charge in [0.25, 0.3) is 0 Å². The van der Waals surface area contributed by atoms with Gasteiger partial charge in [-0.3, -0.25) is 4.79 Å². The lowest BCUT2D eigenvalue weighted by Gasteiger charge is -2.23. The maximum atomic E-state index is 12.3. The minimum Gasteiger partial charge on any atom is -0.496 e. The molecule has 0 bridgehead atoms. The third-order valence-electron chi connectivity index (χ3n) is 3.96. The Morgan fingerprint density at radius 3 is 2.67 bits per heavy atom. The third-order valence-corrected chi connectivity index (χ3v) is 5.71. The molecule has 2 rings (SSSR count). The molecule has 0 spiro atoms. The molecule has 1 atom stereocenters. The summed E-state index contributed by atoms with van der Waals surface area (Å²) >= 11 is 0. The lowest BCUT2D eigenvalue weighted by molar-refractivity contribution is -0.130. The maximum Gasteiger partial charge on any atom is 0.227 e. The van der Waals surface area contributed by atoms with E-state index in [-0.39, 0.29) is 29.9 Å². The smallest absolute Gasteiger partial charge is 0.227 e. The molecular formula is C15H21NO4S. The fourth-order valence-corrected chi connectivity index (χ4v) is 4.41. The fraction of sp³-hybridized carbons (Fsp3) is 0.533. The normalized spacial score (nSPS) is 20.2. The Morgan fingerprint density at radius 1 is 1.43 bits per heavy atom. The van der Waals surface area contributed by atoms with E-state index in [9.17, 15) is 13.2 Å². The van der Waals surface area contributed by atoms with Crippen molar-refractivity contribution >= 4 is 15.7 Å². The predicted molar refractivity (Wildman–Crippen MR) is 81.3 cm³/mol. The van der Waals surface area contributed by atoms with Gasteiger partial charge in [-0.2, -0.15) is 0 Å². The van der Waals surface area contributed by atoms with Crippen molar-refractivity contribution in [2.45, 2.75) is 25.8 Å². The number of benzene rings is 1. The molecule has 0 radical (unpaired) electrons. The number of amides is 1. The van der Waals surface area contributed by atoms with Crippen LogP contribution in [0.2, 0.25) is 0 Å². The van der Waals surface area contributed by atoms with Crippen molar-refractivity contribution in [1.29, 1.82) is 0 Å². The van der Waals surface area contributed by atoms with Gasteiger partial charge in [-0.25, -0.2) is 8.42 Å². The molecule has 0 aliphatic carbocycles. The lowest BCUT2D eigenvalue weighted by Crippen LogP contribution is -2.38. The molecule has 1 saturated heterocycles. The van der Waals surface area contributed by atoms with Gasteiger partial charge in [0, 0.05) is 13.1 Å². The van der Waals surface area contributed by atoms with E-state index in [2.05, 4.69) is 0 Å². The summed E-state index contributed by atoms with van der Waals surface area (Å²) in [6, 6.07) is 5.44. The van der Waals surface area contributed by atoms with Crippen molar-refractivity contribution in [3.8, 4) is 5.75 Å². The summed E-state index contributed by atoms with van der Waals surface area (Å²) in [7, 11) is 0.324. The highest BCUT2D eigenvalue weighted by atomic mass is 32.2. The summed E-state index contributed by atoms with van der Waals surface area (Å²) in [5, 5.41) is 0. The number of aryl methyl sites for hydroxylation is 1. The van der Waals surface area contributed by atoms with E-state index in [1.807, 2.05) is 25.1 Å². The van der Waals surface area contributed by atoms with E-state index in [1.54, 1.807) is 19.1 Å². The first-order valence-electron chi connectivity index (χ1n) is 6.92. The van der Waals surface area contributed by atoms with Crippen LogP contribution in [0.4, 0.5) is 0 Å². The second kappa shape index (κ2) is 6.05. The van der Waals surface area contributed by atoms with Crippen LogP contribution in [-0.4, -0.2) is 50.9 Å². The molecule has 1 aromatic carbocycles. The first kappa shape index (κ1) is 15.8. The number of carbonyl (C=O) groups excluding carboxylic acids is 1. The van der Waals surface area contributed by atoms with Crippen molar-refractivity contribution in [3.05, 3.63) is 29.3 Å². The molecule has 6 heteroatoms. The Kier molecular flexibility index (Phi) is 4.56. The second-order valence-electron chi connectivity index (χ2n) is 5.54. The summed E-state index contributed by atoms with van der Waals surface area (Å²) in [5.41, 5.74) is 1.89. The molecule has 1 unspecified atom stereocenters. The molecule has 1 fully saturated rings. The summed E-state index contributed by atoms with van der Waals surface area (Å²) in [4.78, 5) is 13.8. The first-order valence-corrected chi connectivity index (χ1v) is 8.74. The monoisotopic (exact) mass is 311 g/mol. The number of sulfone groups is 1. The van der Waals surface area contributed by atoms with Crippen LogP contribution < -0.4 is 4.74 Å². The molecule has 5 nitrogen and oxygen atoms in total. The van der Waals surface area contributed by atoms with Crippen LogP contribution in [0.3, 0.4) is 0 Å². The van der Waals surface area contributed by atoms with Gasteiger partial charge in [0.15, 0.2) is 9.84 Å². The number of likely N-dealkylation sites (N-methyl/N-ethyl adjacent to an activating group) is 1. The molecule has 1 aliphatic heterocycles. The molecule has 0 aromatic heterocycles. The number of carbonyl (C=O) groups is 1. The highest BCUT2D eigenvalue weighted by molar-refractivity contribution is 7.91. The van der Waals surface area contributed by atoms with E-state index in [0.717, 1.165) is 16.9 Å². The predicted octanol–water partition coefficient (Wildman–Crippen LogP) is 1.19. The van der Waals surface area contributed by atoms with Crippen molar-refractivity contribution < 1.29 is 17.9 Å².